The van der Waals surface area contributed by atoms with Crippen LogP contribution in [0.1, 0.15) is 33.6 Å². The Morgan fingerprint density at radius 1 is 0.892 bits per heavy atom. The predicted molar refractivity (Wildman–Crippen MR) is 143 cm³/mol. The Balaban J connectivity index is 1.46. The molecule has 0 saturated heterocycles. The molecule has 2 aromatic heterocycles. The summed E-state index contributed by atoms with van der Waals surface area (Å²) in [6.07, 6.45) is 0. The van der Waals surface area contributed by atoms with E-state index in [4.69, 9.17) is 4.74 Å². The molecule has 0 saturated carbocycles. The van der Waals surface area contributed by atoms with Crippen LogP contribution in [-0.4, -0.2) is 37.2 Å². The van der Waals surface area contributed by atoms with Crippen molar-refractivity contribution in [2.45, 2.75) is 40.0 Å². The standard InChI is InChI=1S/C29H30N6O2/c1-20-9-10-21(2)28-26(20)15-24(29(36)30-28)18-34(16-23-11-13-25(37-3)14-12-23)19-27-31-32-33-35(27)17-22-7-5-4-6-8-22/h4-15H,16-19H2,1-3H3,(H,30,36). The maximum Gasteiger partial charge on any atom is 0.252 e. The summed E-state index contributed by atoms with van der Waals surface area (Å²) in [5.74, 6) is 1.54. The van der Waals surface area contributed by atoms with Gasteiger partial charge in [0.15, 0.2) is 5.82 Å². The molecule has 0 unspecified atom stereocenters. The van der Waals surface area contributed by atoms with Crippen LogP contribution in [0.5, 0.6) is 5.75 Å². The molecule has 1 N–H and O–H groups in total. The van der Waals surface area contributed by atoms with Gasteiger partial charge in [0.1, 0.15) is 5.75 Å². The normalized spacial score (nSPS) is 11.4. The van der Waals surface area contributed by atoms with Crippen molar-refractivity contribution in [2.24, 2.45) is 0 Å². The van der Waals surface area contributed by atoms with Gasteiger partial charge in [0.05, 0.1) is 25.7 Å². The molecule has 0 fully saturated rings. The van der Waals surface area contributed by atoms with Crippen molar-refractivity contribution in [1.29, 1.82) is 0 Å². The summed E-state index contributed by atoms with van der Waals surface area (Å²) in [5.41, 5.74) is 5.93. The van der Waals surface area contributed by atoms with Crippen molar-refractivity contribution >= 4 is 10.9 Å². The van der Waals surface area contributed by atoms with E-state index in [1.165, 1.54) is 0 Å². The molecule has 0 amide bonds. The maximum atomic E-state index is 13.1. The number of nitrogens with zero attached hydrogens (tertiary/aromatic N) is 5. The molecule has 188 valence electrons. The van der Waals surface area contributed by atoms with Crippen molar-refractivity contribution in [3.63, 3.8) is 0 Å². The molecule has 0 aliphatic carbocycles. The molecule has 0 aliphatic heterocycles. The van der Waals surface area contributed by atoms with Crippen LogP contribution in [-0.2, 0) is 26.2 Å². The molecule has 2 heterocycles. The highest BCUT2D eigenvalue weighted by Gasteiger charge is 2.17. The summed E-state index contributed by atoms with van der Waals surface area (Å²) in [4.78, 5) is 18.4. The largest absolute Gasteiger partial charge is 0.497 e. The van der Waals surface area contributed by atoms with Gasteiger partial charge < -0.3 is 9.72 Å². The lowest BCUT2D eigenvalue weighted by molar-refractivity contribution is 0.236. The number of hydrogen-bond donors (Lipinski definition) is 1. The Hall–Kier alpha value is -4.30. The van der Waals surface area contributed by atoms with Gasteiger partial charge >= 0.3 is 0 Å². The van der Waals surface area contributed by atoms with Gasteiger partial charge in [0, 0.05) is 24.0 Å². The Morgan fingerprint density at radius 3 is 2.41 bits per heavy atom. The van der Waals surface area contributed by atoms with E-state index in [9.17, 15) is 4.79 Å². The lowest BCUT2D eigenvalue weighted by Gasteiger charge is -2.22. The average molecular weight is 495 g/mol. The average Bonchev–Trinajstić information content (AvgIpc) is 3.34. The van der Waals surface area contributed by atoms with E-state index in [-0.39, 0.29) is 5.56 Å². The second-order valence-electron chi connectivity index (χ2n) is 9.34. The number of methoxy groups -OCH3 is 1. The molecule has 0 spiro atoms. The maximum absolute atomic E-state index is 13.1. The van der Waals surface area contributed by atoms with Crippen molar-refractivity contribution in [3.05, 3.63) is 117 Å². The smallest absolute Gasteiger partial charge is 0.252 e. The molecule has 5 aromatic rings. The molecular formula is C29H30N6O2. The zero-order valence-corrected chi connectivity index (χ0v) is 21.3. The van der Waals surface area contributed by atoms with Crippen LogP contribution in [0.4, 0.5) is 0 Å². The van der Waals surface area contributed by atoms with Gasteiger partial charge in [0.2, 0.25) is 0 Å². The summed E-state index contributed by atoms with van der Waals surface area (Å²) >= 11 is 0. The number of aryl methyl sites for hydroxylation is 2. The lowest BCUT2D eigenvalue weighted by Crippen LogP contribution is -2.28. The minimum absolute atomic E-state index is 0.0789. The van der Waals surface area contributed by atoms with Gasteiger partial charge in [-0.1, -0.05) is 54.6 Å². The summed E-state index contributed by atoms with van der Waals surface area (Å²) < 4.78 is 7.13. The summed E-state index contributed by atoms with van der Waals surface area (Å²) in [7, 11) is 1.66. The number of aromatic nitrogens is 5. The SMILES string of the molecule is COc1ccc(CN(Cc2cc3c(C)ccc(C)c3[nH]c2=O)Cc2nnnn2Cc2ccccc2)cc1. The molecule has 37 heavy (non-hydrogen) atoms. The zero-order chi connectivity index (χ0) is 25.8. The van der Waals surface area contributed by atoms with Crippen LogP contribution in [0.15, 0.2) is 77.6 Å². The lowest BCUT2D eigenvalue weighted by atomic mass is 10.0. The van der Waals surface area contributed by atoms with Gasteiger partial charge in [-0.25, -0.2) is 4.68 Å². The first kappa shape index (κ1) is 24.4. The van der Waals surface area contributed by atoms with E-state index in [0.29, 0.717) is 31.7 Å². The van der Waals surface area contributed by atoms with Crippen LogP contribution < -0.4 is 10.3 Å². The highest BCUT2D eigenvalue weighted by atomic mass is 16.5. The summed E-state index contributed by atoms with van der Waals surface area (Å²) in [6, 6.07) is 24.2. The number of hydrogen-bond acceptors (Lipinski definition) is 6. The highest BCUT2D eigenvalue weighted by Crippen LogP contribution is 2.21. The minimum atomic E-state index is -0.0789. The second-order valence-corrected chi connectivity index (χ2v) is 9.34. The molecule has 3 aromatic carbocycles. The molecular weight excluding hydrogens is 464 g/mol. The number of ether oxygens (including phenoxy) is 1. The van der Waals surface area contributed by atoms with E-state index in [2.05, 4.69) is 50.5 Å². The van der Waals surface area contributed by atoms with Crippen LogP contribution in [0, 0.1) is 13.8 Å². The van der Waals surface area contributed by atoms with Crippen LogP contribution in [0.3, 0.4) is 0 Å². The van der Waals surface area contributed by atoms with Crippen molar-refractivity contribution < 1.29 is 4.74 Å². The monoisotopic (exact) mass is 494 g/mol. The van der Waals surface area contributed by atoms with Crippen LogP contribution >= 0.6 is 0 Å². The Morgan fingerprint density at radius 2 is 1.65 bits per heavy atom. The van der Waals surface area contributed by atoms with E-state index < -0.39 is 0 Å². The molecule has 0 aliphatic rings. The topological polar surface area (TPSA) is 88.9 Å². The van der Waals surface area contributed by atoms with E-state index in [0.717, 1.165) is 44.7 Å². The van der Waals surface area contributed by atoms with Crippen molar-refractivity contribution in [1.82, 2.24) is 30.1 Å². The third-order valence-corrected chi connectivity index (χ3v) is 6.63. The predicted octanol–water partition coefficient (Wildman–Crippen LogP) is 4.39. The number of H-pyrrole nitrogens is 1. The fourth-order valence-corrected chi connectivity index (χ4v) is 4.55. The quantitative estimate of drug-likeness (QED) is 0.327. The molecule has 0 bridgehead atoms. The van der Waals surface area contributed by atoms with Gasteiger partial charge in [-0.3, -0.25) is 9.69 Å². The van der Waals surface area contributed by atoms with Gasteiger partial charge in [-0.15, -0.1) is 5.10 Å². The molecule has 5 rings (SSSR count). The van der Waals surface area contributed by atoms with Gasteiger partial charge in [0.25, 0.3) is 5.56 Å². The Bertz CT molecular complexity index is 1560. The second kappa shape index (κ2) is 10.8. The third-order valence-electron chi connectivity index (χ3n) is 6.63. The molecule has 8 nitrogen and oxygen atoms in total. The van der Waals surface area contributed by atoms with Crippen molar-refractivity contribution in [3.8, 4) is 5.75 Å². The number of pyridine rings is 1. The summed E-state index contributed by atoms with van der Waals surface area (Å²) in [6.45, 7) is 6.21. The Labute approximate surface area is 215 Å². The zero-order valence-electron chi connectivity index (χ0n) is 21.3. The number of benzene rings is 3. The summed E-state index contributed by atoms with van der Waals surface area (Å²) in [5, 5.41) is 13.5. The van der Waals surface area contributed by atoms with Gasteiger partial charge in [-0.2, -0.15) is 0 Å². The molecule has 0 atom stereocenters. The first-order valence-electron chi connectivity index (χ1n) is 12.3. The molecule has 0 radical (unpaired) electrons. The number of tetrazole rings is 1. The van der Waals surface area contributed by atoms with E-state index in [1.54, 1.807) is 7.11 Å². The highest BCUT2D eigenvalue weighted by molar-refractivity contribution is 5.85. The van der Waals surface area contributed by atoms with Crippen LogP contribution in [0.2, 0.25) is 0 Å². The third kappa shape index (κ3) is 5.59. The van der Waals surface area contributed by atoms with E-state index in [1.807, 2.05) is 66.2 Å². The van der Waals surface area contributed by atoms with Crippen molar-refractivity contribution in [2.75, 3.05) is 7.11 Å². The number of rotatable bonds is 9. The fourth-order valence-electron chi connectivity index (χ4n) is 4.55. The Kier molecular flexibility index (Phi) is 7.09. The first-order valence-corrected chi connectivity index (χ1v) is 12.3. The number of aromatic amines is 1. The fraction of sp³-hybridized carbons (Fsp3) is 0.241. The number of fused-ring (bicyclic) bond motifs is 1. The van der Waals surface area contributed by atoms with E-state index >= 15 is 0 Å². The molecule has 8 heteroatoms. The number of nitrogens with one attached hydrogen (secondary N) is 1. The van der Waals surface area contributed by atoms with Crippen LogP contribution in [0.25, 0.3) is 10.9 Å². The minimum Gasteiger partial charge on any atom is -0.497 e. The first-order chi connectivity index (χ1) is 18.0. The van der Waals surface area contributed by atoms with Gasteiger partial charge in [-0.05, 0) is 64.7 Å².